The Bertz CT molecular complexity index is 285. The van der Waals surface area contributed by atoms with Crippen LogP contribution >= 0.6 is 0 Å². The number of hydrogen-bond donors (Lipinski definition) is 0. The first kappa shape index (κ1) is 9.72. The monoisotopic (exact) mass is 176 g/mol. The van der Waals surface area contributed by atoms with Gasteiger partial charge in [0.1, 0.15) is 5.83 Å². The van der Waals surface area contributed by atoms with Crippen LogP contribution in [0.2, 0.25) is 0 Å². The van der Waals surface area contributed by atoms with Crippen LogP contribution in [0.15, 0.2) is 54.9 Å². The molecule has 0 heterocycles. The number of benzene rings is 1. The Hall–Kier alpha value is -1.37. The molecule has 68 valence electrons. The Morgan fingerprint density at radius 1 is 1.31 bits per heavy atom. The smallest absolute Gasteiger partial charge is 0.118 e. The second kappa shape index (κ2) is 5.31. The SMILES string of the molecule is C=C/C(F)=C/CCc1ccccc1. The zero-order chi connectivity index (χ0) is 9.52. The van der Waals surface area contributed by atoms with Gasteiger partial charge < -0.3 is 0 Å². The quantitative estimate of drug-likeness (QED) is 0.614. The molecule has 0 aliphatic heterocycles. The van der Waals surface area contributed by atoms with Crippen LogP contribution in [-0.2, 0) is 6.42 Å². The third-order valence-corrected chi connectivity index (χ3v) is 1.81. The summed E-state index contributed by atoms with van der Waals surface area (Å²) in [6.45, 7) is 3.34. The van der Waals surface area contributed by atoms with Crippen molar-refractivity contribution in [3.8, 4) is 0 Å². The summed E-state index contributed by atoms with van der Waals surface area (Å²) in [6, 6.07) is 10.0. The van der Waals surface area contributed by atoms with E-state index in [4.69, 9.17) is 0 Å². The first-order valence-corrected chi connectivity index (χ1v) is 4.35. The normalized spacial score (nSPS) is 11.3. The molecule has 1 rings (SSSR count). The second-order valence-corrected chi connectivity index (χ2v) is 2.82. The minimum Gasteiger partial charge on any atom is -0.207 e. The van der Waals surface area contributed by atoms with Gasteiger partial charge in [-0.15, -0.1) is 0 Å². The Morgan fingerprint density at radius 3 is 2.62 bits per heavy atom. The van der Waals surface area contributed by atoms with Gasteiger partial charge >= 0.3 is 0 Å². The Labute approximate surface area is 78.4 Å². The van der Waals surface area contributed by atoms with Crippen LogP contribution in [0.3, 0.4) is 0 Å². The first-order chi connectivity index (χ1) is 6.33. The third-order valence-electron chi connectivity index (χ3n) is 1.81. The molecule has 0 unspecified atom stereocenters. The highest BCUT2D eigenvalue weighted by molar-refractivity contribution is 5.16. The summed E-state index contributed by atoms with van der Waals surface area (Å²) in [4.78, 5) is 0. The van der Waals surface area contributed by atoms with Crippen LogP contribution in [0.25, 0.3) is 0 Å². The van der Waals surface area contributed by atoms with Crippen LogP contribution in [0.4, 0.5) is 4.39 Å². The summed E-state index contributed by atoms with van der Waals surface area (Å²) in [7, 11) is 0. The molecule has 0 bridgehead atoms. The maximum absolute atomic E-state index is 12.6. The molecule has 0 spiro atoms. The topological polar surface area (TPSA) is 0 Å². The Morgan fingerprint density at radius 2 is 2.00 bits per heavy atom. The van der Waals surface area contributed by atoms with Crippen LogP contribution in [0.1, 0.15) is 12.0 Å². The van der Waals surface area contributed by atoms with Crippen LogP contribution in [-0.4, -0.2) is 0 Å². The molecule has 0 amide bonds. The molecule has 0 saturated heterocycles. The maximum atomic E-state index is 12.6. The molecule has 0 nitrogen and oxygen atoms in total. The standard InChI is InChI=1S/C12H13F/c1-2-12(13)10-6-9-11-7-4-3-5-8-11/h2-5,7-8,10H,1,6,9H2/b12-10-. The molecule has 0 N–H and O–H groups in total. The Balaban J connectivity index is 2.40. The van der Waals surface area contributed by atoms with Crippen molar-refractivity contribution in [1.82, 2.24) is 0 Å². The van der Waals surface area contributed by atoms with Gasteiger partial charge in [0, 0.05) is 0 Å². The summed E-state index contributed by atoms with van der Waals surface area (Å²) in [5.41, 5.74) is 1.23. The molecule has 1 heteroatoms. The summed E-state index contributed by atoms with van der Waals surface area (Å²) in [5, 5.41) is 0. The second-order valence-electron chi connectivity index (χ2n) is 2.82. The minimum absolute atomic E-state index is 0.240. The summed E-state index contributed by atoms with van der Waals surface area (Å²) in [6.07, 6.45) is 4.38. The fourth-order valence-corrected chi connectivity index (χ4v) is 1.10. The number of aryl methyl sites for hydroxylation is 1. The molecule has 0 aromatic heterocycles. The van der Waals surface area contributed by atoms with E-state index in [1.807, 2.05) is 30.3 Å². The molecular formula is C12H13F. The predicted octanol–water partition coefficient (Wildman–Crippen LogP) is 3.66. The van der Waals surface area contributed by atoms with E-state index in [2.05, 4.69) is 6.58 Å². The largest absolute Gasteiger partial charge is 0.207 e. The zero-order valence-corrected chi connectivity index (χ0v) is 7.54. The number of rotatable bonds is 4. The molecule has 0 saturated carbocycles. The molecule has 0 aliphatic carbocycles. The fourth-order valence-electron chi connectivity index (χ4n) is 1.10. The van der Waals surface area contributed by atoms with Gasteiger partial charge in [-0.05, 0) is 30.6 Å². The van der Waals surface area contributed by atoms with E-state index in [-0.39, 0.29) is 5.83 Å². The molecule has 0 fully saturated rings. The van der Waals surface area contributed by atoms with Crippen molar-refractivity contribution in [2.24, 2.45) is 0 Å². The van der Waals surface area contributed by atoms with Crippen molar-refractivity contribution in [2.75, 3.05) is 0 Å². The van der Waals surface area contributed by atoms with E-state index < -0.39 is 0 Å². The highest BCUT2D eigenvalue weighted by Crippen LogP contribution is 2.05. The lowest BCUT2D eigenvalue weighted by Crippen LogP contribution is -1.81. The summed E-state index contributed by atoms with van der Waals surface area (Å²) in [5.74, 6) is -0.240. The average molecular weight is 176 g/mol. The van der Waals surface area contributed by atoms with Crippen LogP contribution < -0.4 is 0 Å². The van der Waals surface area contributed by atoms with Gasteiger partial charge in [-0.25, -0.2) is 4.39 Å². The van der Waals surface area contributed by atoms with Gasteiger partial charge in [0.15, 0.2) is 0 Å². The Kier molecular flexibility index (Phi) is 3.97. The molecule has 1 aromatic carbocycles. The van der Waals surface area contributed by atoms with E-state index in [1.165, 1.54) is 11.6 Å². The van der Waals surface area contributed by atoms with Crippen molar-refractivity contribution < 1.29 is 4.39 Å². The minimum atomic E-state index is -0.240. The summed E-state index contributed by atoms with van der Waals surface area (Å²) < 4.78 is 12.6. The molecule has 0 atom stereocenters. The lowest BCUT2D eigenvalue weighted by atomic mass is 10.1. The molecular weight excluding hydrogens is 163 g/mol. The fraction of sp³-hybridized carbons (Fsp3) is 0.167. The summed E-state index contributed by atoms with van der Waals surface area (Å²) >= 11 is 0. The third kappa shape index (κ3) is 3.70. The molecule has 0 aliphatic rings. The van der Waals surface area contributed by atoms with E-state index in [0.717, 1.165) is 12.8 Å². The van der Waals surface area contributed by atoms with Gasteiger partial charge in [-0.2, -0.15) is 0 Å². The molecule has 0 radical (unpaired) electrons. The van der Waals surface area contributed by atoms with Gasteiger partial charge in [0.2, 0.25) is 0 Å². The van der Waals surface area contributed by atoms with Gasteiger partial charge in [0.25, 0.3) is 0 Å². The number of allylic oxidation sites excluding steroid dienone is 3. The average Bonchev–Trinajstić information content (AvgIpc) is 2.19. The first-order valence-electron chi connectivity index (χ1n) is 4.35. The van der Waals surface area contributed by atoms with Crippen molar-refractivity contribution in [1.29, 1.82) is 0 Å². The van der Waals surface area contributed by atoms with Crippen molar-refractivity contribution in [2.45, 2.75) is 12.8 Å². The van der Waals surface area contributed by atoms with Crippen LogP contribution in [0, 0.1) is 0 Å². The highest BCUT2D eigenvalue weighted by Gasteiger charge is 1.90. The van der Waals surface area contributed by atoms with Gasteiger partial charge in [0.05, 0.1) is 0 Å². The van der Waals surface area contributed by atoms with Crippen molar-refractivity contribution >= 4 is 0 Å². The lowest BCUT2D eigenvalue weighted by molar-refractivity contribution is 0.659. The van der Waals surface area contributed by atoms with E-state index >= 15 is 0 Å². The molecule has 13 heavy (non-hydrogen) atoms. The predicted molar refractivity (Wildman–Crippen MR) is 54.2 cm³/mol. The van der Waals surface area contributed by atoms with Gasteiger partial charge in [-0.1, -0.05) is 36.9 Å². The maximum Gasteiger partial charge on any atom is 0.118 e. The van der Waals surface area contributed by atoms with Gasteiger partial charge in [-0.3, -0.25) is 0 Å². The highest BCUT2D eigenvalue weighted by atomic mass is 19.1. The number of halogens is 1. The van der Waals surface area contributed by atoms with E-state index in [0.29, 0.717) is 0 Å². The molecule has 1 aromatic rings. The zero-order valence-electron chi connectivity index (χ0n) is 7.54. The van der Waals surface area contributed by atoms with Crippen LogP contribution in [0.5, 0.6) is 0 Å². The number of hydrogen-bond acceptors (Lipinski definition) is 0. The van der Waals surface area contributed by atoms with E-state index in [1.54, 1.807) is 6.08 Å². The van der Waals surface area contributed by atoms with Crippen molar-refractivity contribution in [3.63, 3.8) is 0 Å². The van der Waals surface area contributed by atoms with Crippen molar-refractivity contribution in [3.05, 3.63) is 60.5 Å². The lowest BCUT2D eigenvalue weighted by Gasteiger charge is -1.96. The van der Waals surface area contributed by atoms with E-state index in [9.17, 15) is 4.39 Å².